The van der Waals surface area contributed by atoms with Crippen LogP contribution < -0.4 is 5.32 Å². The molecule has 2 aromatic rings. The minimum atomic E-state index is -2.64. The number of aryl methyl sites for hydroxylation is 1. The number of carbonyl (C=O) groups excluding carboxylic acids is 1. The summed E-state index contributed by atoms with van der Waals surface area (Å²) in [6.07, 6.45) is -2.02. The Morgan fingerprint density at radius 2 is 2.16 bits per heavy atom. The molecule has 0 spiro atoms. The number of ether oxygens (including phenoxy) is 1. The molecule has 1 atom stereocenters. The molecule has 2 amide bonds. The number of carbonyl (C=O) groups is 1. The SMILES string of the molecule is Cc1oc2ccccc2c1CCNC(=O)N1CCOC(C)(C(F)F)C1. The van der Waals surface area contributed by atoms with Gasteiger partial charge in [0, 0.05) is 24.0 Å². The number of furan rings is 1. The van der Waals surface area contributed by atoms with Crippen LogP contribution in [0.15, 0.2) is 28.7 Å². The topological polar surface area (TPSA) is 54.7 Å². The monoisotopic (exact) mass is 352 g/mol. The number of para-hydroxylation sites is 1. The maximum absolute atomic E-state index is 13.1. The van der Waals surface area contributed by atoms with Gasteiger partial charge in [-0.1, -0.05) is 18.2 Å². The first kappa shape index (κ1) is 17.7. The van der Waals surface area contributed by atoms with Gasteiger partial charge in [-0.2, -0.15) is 0 Å². The van der Waals surface area contributed by atoms with Gasteiger partial charge in [-0.3, -0.25) is 0 Å². The van der Waals surface area contributed by atoms with Gasteiger partial charge in [0.15, 0.2) is 0 Å². The Balaban J connectivity index is 1.58. The standard InChI is InChI=1S/C18H22F2N2O3/c1-12-13(14-5-3-4-6-15(14)25-12)7-8-21-17(23)22-9-10-24-18(2,11-22)16(19)20/h3-6,16H,7-11H2,1-2H3,(H,21,23). The molecule has 1 N–H and O–H groups in total. The summed E-state index contributed by atoms with van der Waals surface area (Å²) >= 11 is 0. The Morgan fingerprint density at radius 3 is 2.92 bits per heavy atom. The van der Waals surface area contributed by atoms with Crippen molar-refractivity contribution < 1.29 is 22.7 Å². The lowest BCUT2D eigenvalue weighted by atomic mass is 10.1. The number of fused-ring (bicyclic) bond motifs is 1. The molecule has 1 aromatic carbocycles. The minimum absolute atomic E-state index is 0.111. The third-order valence-corrected chi connectivity index (χ3v) is 4.60. The molecule has 1 fully saturated rings. The number of urea groups is 1. The molecule has 0 aliphatic carbocycles. The van der Waals surface area contributed by atoms with Crippen molar-refractivity contribution >= 4 is 17.0 Å². The van der Waals surface area contributed by atoms with E-state index in [0.717, 1.165) is 22.3 Å². The zero-order chi connectivity index (χ0) is 18.0. The highest BCUT2D eigenvalue weighted by atomic mass is 19.3. The first-order valence-electron chi connectivity index (χ1n) is 8.32. The third-order valence-electron chi connectivity index (χ3n) is 4.60. The summed E-state index contributed by atoms with van der Waals surface area (Å²) in [5.41, 5.74) is 0.268. The summed E-state index contributed by atoms with van der Waals surface area (Å²) in [5, 5.41) is 3.84. The van der Waals surface area contributed by atoms with Crippen molar-refractivity contribution in [1.29, 1.82) is 0 Å². The van der Waals surface area contributed by atoms with Crippen LogP contribution in [0.2, 0.25) is 0 Å². The fraction of sp³-hybridized carbons (Fsp3) is 0.500. The molecule has 1 saturated heterocycles. The maximum atomic E-state index is 13.1. The van der Waals surface area contributed by atoms with E-state index in [4.69, 9.17) is 9.15 Å². The highest BCUT2D eigenvalue weighted by Gasteiger charge is 2.42. The molecule has 1 aliphatic rings. The van der Waals surface area contributed by atoms with Crippen molar-refractivity contribution in [3.05, 3.63) is 35.6 Å². The molecule has 5 nitrogen and oxygen atoms in total. The van der Waals surface area contributed by atoms with Gasteiger partial charge in [0.25, 0.3) is 6.43 Å². The van der Waals surface area contributed by atoms with Crippen molar-refractivity contribution in [2.24, 2.45) is 0 Å². The lowest BCUT2D eigenvalue weighted by Gasteiger charge is -2.39. The molecule has 1 unspecified atom stereocenters. The van der Waals surface area contributed by atoms with Gasteiger partial charge in [-0.15, -0.1) is 0 Å². The second kappa shape index (κ2) is 7.00. The van der Waals surface area contributed by atoms with E-state index in [0.29, 0.717) is 19.5 Å². The van der Waals surface area contributed by atoms with E-state index in [1.165, 1.54) is 11.8 Å². The molecule has 7 heteroatoms. The molecule has 136 valence electrons. The Kier molecular flexibility index (Phi) is 4.94. The quantitative estimate of drug-likeness (QED) is 0.918. The van der Waals surface area contributed by atoms with Crippen LogP contribution in [0.5, 0.6) is 0 Å². The summed E-state index contributed by atoms with van der Waals surface area (Å²) < 4.78 is 37.0. The van der Waals surface area contributed by atoms with Crippen molar-refractivity contribution in [2.45, 2.75) is 32.3 Å². The van der Waals surface area contributed by atoms with Crippen LogP contribution in [0.4, 0.5) is 13.6 Å². The van der Waals surface area contributed by atoms with Gasteiger partial charge in [0.2, 0.25) is 0 Å². The molecule has 25 heavy (non-hydrogen) atoms. The normalized spacial score (nSPS) is 21.1. The fourth-order valence-corrected chi connectivity index (χ4v) is 3.14. The van der Waals surface area contributed by atoms with Crippen LogP contribution in [0.1, 0.15) is 18.2 Å². The van der Waals surface area contributed by atoms with Crippen LogP contribution in [0, 0.1) is 6.92 Å². The average molecular weight is 352 g/mol. The predicted molar refractivity (Wildman–Crippen MR) is 90.0 cm³/mol. The van der Waals surface area contributed by atoms with E-state index in [-0.39, 0.29) is 19.2 Å². The summed E-state index contributed by atoms with van der Waals surface area (Å²) in [5.74, 6) is 0.826. The first-order valence-corrected chi connectivity index (χ1v) is 8.32. The zero-order valence-electron chi connectivity index (χ0n) is 14.4. The highest BCUT2D eigenvalue weighted by Crippen LogP contribution is 2.26. The summed E-state index contributed by atoms with van der Waals surface area (Å²) in [6.45, 7) is 3.93. The Labute approximate surface area is 144 Å². The average Bonchev–Trinajstić information content (AvgIpc) is 2.90. The largest absolute Gasteiger partial charge is 0.461 e. The molecule has 0 radical (unpaired) electrons. The van der Waals surface area contributed by atoms with Gasteiger partial charge in [0.05, 0.1) is 13.2 Å². The van der Waals surface area contributed by atoms with E-state index in [1.54, 1.807) is 0 Å². The Bertz CT molecular complexity index is 762. The summed E-state index contributed by atoms with van der Waals surface area (Å²) in [6, 6.07) is 7.40. The van der Waals surface area contributed by atoms with E-state index in [9.17, 15) is 13.6 Å². The number of morpholine rings is 1. The van der Waals surface area contributed by atoms with Crippen LogP contribution >= 0.6 is 0 Å². The molecule has 1 aliphatic heterocycles. The molecule has 0 bridgehead atoms. The molecule has 1 aromatic heterocycles. The Hall–Kier alpha value is -2.15. The van der Waals surface area contributed by atoms with E-state index in [2.05, 4.69) is 5.32 Å². The minimum Gasteiger partial charge on any atom is -0.461 e. The molecule has 3 rings (SSSR count). The third kappa shape index (κ3) is 3.61. The van der Waals surface area contributed by atoms with Gasteiger partial charge in [-0.05, 0) is 26.3 Å². The molecule has 2 heterocycles. The van der Waals surface area contributed by atoms with E-state index in [1.807, 2.05) is 31.2 Å². The van der Waals surface area contributed by atoms with Crippen LogP contribution in [0.3, 0.4) is 0 Å². The zero-order valence-corrected chi connectivity index (χ0v) is 14.4. The molecular formula is C18H22F2N2O3. The van der Waals surface area contributed by atoms with E-state index >= 15 is 0 Å². The fourth-order valence-electron chi connectivity index (χ4n) is 3.14. The van der Waals surface area contributed by atoms with Gasteiger partial charge < -0.3 is 19.4 Å². The van der Waals surface area contributed by atoms with Crippen LogP contribution in [-0.4, -0.2) is 49.2 Å². The van der Waals surface area contributed by atoms with Gasteiger partial charge in [-0.25, -0.2) is 13.6 Å². The summed E-state index contributed by atoms with van der Waals surface area (Å²) in [4.78, 5) is 13.7. The number of nitrogens with zero attached hydrogens (tertiary/aromatic N) is 1. The number of benzene rings is 1. The van der Waals surface area contributed by atoms with Crippen LogP contribution in [0.25, 0.3) is 11.0 Å². The predicted octanol–water partition coefficient (Wildman–Crippen LogP) is 3.35. The van der Waals surface area contributed by atoms with Crippen molar-refractivity contribution in [3.63, 3.8) is 0 Å². The maximum Gasteiger partial charge on any atom is 0.317 e. The number of hydrogen-bond donors (Lipinski definition) is 1. The number of alkyl halides is 2. The van der Waals surface area contributed by atoms with Gasteiger partial charge in [0.1, 0.15) is 16.9 Å². The van der Waals surface area contributed by atoms with Crippen molar-refractivity contribution in [2.75, 3.05) is 26.2 Å². The lowest BCUT2D eigenvalue weighted by molar-refractivity contribution is -0.161. The highest BCUT2D eigenvalue weighted by molar-refractivity contribution is 5.82. The number of halogens is 2. The number of hydrogen-bond acceptors (Lipinski definition) is 3. The molecule has 0 saturated carbocycles. The first-order chi connectivity index (χ1) is 11.9. The summed E-state index contributed by atoms with van der Waals surface area (Å²) in [7, 11) is 0. The number of nitrogens with one attached hydrogen (secondary N) is 1. The Morgan fingerprint density at radius 1 is 1.40 bits per heavy atom. The van der Waals surface area contributed by atoms with E-state index < -0.39 is 12.0 Å². The second-order valence-electron chi connectivity index (χ2n) is 6.50. The number of rotatable bonds is 4. The van der Waals surface area contributed by atoms with Crippen molar-refractivity contribution in [1.82, 2.24) is 10.2 Å². The second-order valence-corrected chi connectivity index (χ2v) is 6.50. The smallest absolute Gasteiger partial charge is 0.317 e. The lowest BCUT2D eigenvalue weighted by Crippen LogP contribution is -2.57. The van der Waals surface area contributed by atoms with Gasteiger partial charge >= 0.3 is 6.03 Å². The molecular weight excluding hydrogens is 330 g/mol. The number of amides is 2. The van der Waals surface area contributed by atoms with Crippen molar-refractivity contribution in [3.8, 4) is 0 Å². The van der Waals surface area contributed by atoms with Crippen LogP contribution in [-0.2, 0) is 11.2 Å².